The van der Waals surface area contributed by atoms with Gasteiger partial charge in [-0.2, -0.15) is 0 Å². The molecule has 2 heterocycles. The summed E-state index contributed by atoms with van der Waals surface area (Å²) in [7, 11) is 0. The largest absolute Gasteiger partial charge is 0.387 e. The number of imide groups is 1. The fraction of sp³-hybridized carbons (Fsp3) is 0.579. The van der Waals surface area contributed by atoms with Crippen molar-refractivity contribution in [1.82, 2.24) is 15.5 Å². The Morgan fingerprint density at radius 3 is 2.80 bits per heavy atom. The van der Waals surface area contributed by atoms with Gasteiger partial charge in [-0.3, -0.25) is 10.1 Å². The van der Waals surface area contributed by atoms with Gasteiger partial charge in [-0.15, -0.1) is 0 Å². The molecular weight excluding hydrogens is 318 g/mol. The molecule has 6 nitrogen and oxygen atoms in total. The summed E-state index contributed by atoms with van der Waals surface area (Å²) in [6, 6.07) is 5.70. The molecule has 2 fully saturated rings. The Kier molecular flexibility index (Phi) is 4.84. The molecule has 0 radical (unpaired) electrons. The van der Waals surface area contributed by atoms with Crippen molar-refractivity contribution in [2.24, 2.45) is 5.92 Å². The number of hydrogen-bond acceptors (Lipinski definition) is 4. The van der Waals surface area contributed by atoms with Gasteiger partial charge < -0.3 is 15.3 Å². The molecular formula is C19H27N3O3. The van der Waals surface area contributed by atoms with E-state index >= 15 is 0 Å². The predicted molar refractivity (Wildman–Crippen MR) is 95.1 cm³/mol. The molecule has 6 heteroatoms. The highest BCUT2D eigenvalue weighted by Gasteiger charge is 2.48. The van der Waals surface area contributed by atoms with Crippen LogP contribution in [0.1, 0.15) is 42.6 Å². The van der Waals surface area contributed by atoms with E-state index in [4.69, 9.17) is 0 Å². The van der Waals surface area contributed by atoms with Crippen LogP contribution < -0.4 is 10.6 Å². The highest BCUT2D eigenvalue weighted by Crippen LogP contribution is 2.31. The van der Waals surface area contributed by atoms with Crippen LogP contribution in [0.5, 0.6) is 0 Å². The lowest BCUT2D eigenvalue weighted by Gasteiger charge is -2.40. The van der Waals surface area contributed by atoms with Gasteiger partial charge in [0, 0.05) is 19.0 Å². The Labute approximate surface area is 148 Å². The Morgan fingerprint density at radius 1 is 1.36 bits per heavy atom. The maximum Gasteiger partial charge on any atom is 0.322 e. The van der Waals surface area contributed by atoms with Gasteiger partial charge in [-0.25, -0.2) is 4.79 Å². The summed E-state index contributed by atoms with van der Waals surface area (Å²) in [4.78, 5) is 25.9. The quantitative estimate of drug-likeness (QED) is 0.725. The number of carbonyl (C=O) groups is 2. The van der Waals surface area contributed by atoms with E-state index in [1.807, 2.05) is 32.0 Å². The van der Waals surface area contributed by atoms with E-state index in [0.29, 0.717) is 13.1 Å². The number of carbonyl (C=O) groups excluding carboxylic acids is 2. The number of urea groups is 1. The summed E-state index contributed by atoms with van der Waals surface area (Å²) in [5, 5.41) is 15.8. The summed E-state index contributed by atoms with van der Waals surface area (Å²) in [6.07, 6.45) is 1.28. The minimum Gasteiger partial charge on any atom is -0.387 e. The van der Waals surface area contributed by atoms with Crippen molar-refractivity contribution < 1.29 is 14.7 Å². The van der Waals surface area contributed by atoms with Crippen LogP contribution in [0.15, 0.2) is 18.2 Å². The molecule has 3 amide bonds. The number of amides is 3. The van der Waals surface area contributed by atoms with Crippen LogP contribution in [0, 0.1) is 19.8 Å². The van der Waals surface area contributed by atoms with Crippen LogP contribution in [0.2, 0.25) is 0 Å². The number of aliphatic hydroxyl groups excluding tert-OH is 1. The molecule has 2 aliphatic heterocycles. The number of benzene rings is 1. The number of nitrogens with zero attached hydrogens (tertiary/aromatic N) is 1. The van der Waals surface area contributed by atoms with Crippen LogP contribution in [-0.2, 0) is 4.79 Å². The van der Waals surface area contributed by atoms with Gasteiger partial charge in [0.25, 0.3) is 5.91 Å². The standard InChI is InChI=1S/C19H27N3O3/c1-12-6-7-13(2)15(9-12)16(23)11-22-8-4-5-14(10-22)19(3)17(24)20-18(25)21-19/h6-7,9,14,16,23H,4-5,8,10-11H2,1-3H3,(H2,20,21,24,25)/t14-,16-,19-/m1/s1. The van der Waals surface area contributed by atoms with Gasteiger partial charge in [-0.1, -0.05) is 23.8 Å². The Hall–Kier alpha value is -1.92. The van der Waals surface area contributed by atoms with E-state index < -0.39 is 17.7 Å². The normalized spacial score (nSPS) is 28.6. The Morgan fingerprint density at radius 2 is 2.12 bits per heavy atom. The van der Waals surface area contributed by atoms with Gasteiger partial charge in [0.15, 0.2) is 0 Å². The van der Waals surface area contributed by atoms with Crippen molar-refractivity contribution in [3.63, 3.8) is 0 Å². The summed E-state index contributed by atoms with van der Waals surface area (Å²) < 4.78 is 0. The minimum atomic E-state index is -0.861. The third-order valence-corrected chi connectivity index (χ3v) is 5.62. The van der Waals surface area contributed by atoms with Crippen molar-refractivity contribution in [3.8, 4) is 0 Å². The molecule has 3 atom stereocenters. The van der Waals surface area contributed by atoms with Gasteiger partial charge in [0.1, 0.15) is 5.54 Å². The number of hydrogen-bond donors (Lipinski definition) is 3. The fourth-order valence-corrected chi connectivity index (χ4v) is 4.00. The van der Waals surface area contributed by atoms with Crippen LogP contribution in [0.4, 0.5) is 4.79 Å². The first-order valence-corrected chi connectivity index (χ1v) is 8.91. The first kappa shape index (κ1) is 17.9. The predicted octanol–water partition coefficient (Wildman–Crippen LogP) is 1.65. The van der Waals surface area contributed by atoms with Crippen molar-refractivity contribution in [3.05, 3.63) is 34.9 Å². The van der Waals surface area contributed by atoms with Crippen molar-refractivity contribution in [2.75, 3.05) is 19.6 Å². The third kappa shape index (κ3) is 3.55. The van der Waals surface area contributed by atoms with E-state index in [2.05, 4.69) is 15.5 Å². The summed E-state index contributed by atoms with van der Waals surface area (Å²) in [5.41, 5.74) is 2.32. The minimum absolute atomic E-state index is 0.0403. The molecule has 3 N–H and O–H groups in total. The van der Waals surface area contributed by atoms with Crippen LogP contribution in [-0.4, -0.2) is 47.1 Å². The molecule has 0 saturated carbocycles. The Bertz CT molecular complexity index is 690. The average Bonchev–Trinajstić information content (AvgIpc) is 2.83. The number of aryl methyl sites for hydroxylation is 2. The lowest BCUT2D eigenvalue weighted by atomic mass is 9.80. The molecule has 3 rings (SSSR count). The van der Waals surface area contributed by atoms with Crippen molar-refractivity contribution in [2.45, 2.75) is 45.3 Å². The van der Waals surface area contributed by atoms with Gasteiger partial charge in [0.05, 0.1) is 6.10 Å². The van der Waals surface area contributed by atoms with E-state index in [1.54, 1.807) is 6.92 Å². The summed E-state index contributed by atoms with van der Waals surface area (Å²) in [6.45, 7) is 7.94. The molecule has 1 aromatic carbocycles. The number of nitrogens with one attached hydrogen (secondary N) is 2. The van der Waals surface area contributed by atoms with E-state index in [9.17, 15) is 14.7 Å². The molecule has 1 aromatic rings. The lowest BCUT2D eigenvalue weighted by Crippen LogP contribution is -2.56. The van der Waals surface area contributed by atoms with Crippen LogP contribution in [0.25, 0.3) is 0 Å². The molecule has 0 unspecified atom stereocenters. The fourth-order valence-electron chi connectivity index (χ4n) is 4.00. The number of rotatable bonds is 4. The zero-order chi connectivity index (χ0) is 18.2. The molecule has 0 spiro atoms. The van der Waals surface area contributed by atoms with E-state index in [-0.39, 0.29) is 11.8 Å². The number of aliphatic hydroxyl groups is 1. The van der Waals surface area contributed by atoms with Crippen molar-refractivity contribution >= 4 is 11.9 Å². The topological polar surface area (TPSA) is 81.7 Å². The maximum absolute atomic E-state index is 12.2. The van der Waals surface area contributed by atoms with E-state index in [0.717, 1.165) is 36.1 Å². The maximum atomic E-state index is 12.2. The summed E-state index contributed by atoms with van der Waals surface area (Å²) in [5.74, 6) is -0.210. The molecule has 0 aromatic heterocycles. The zero-order valence-electron chi connectivity index (χ0n) is 15.1. The number of piperidine rings is 1. The van der Waals surface area contributed by atoms with Crippen LogP contribution >= 0.6 is 0 Å². The molecule has 136 valence electrons. The molecule has 2 saturated heterocycles. The second-order valence-electron chi connectivity index (χ2n) is 7.59. The molecule has 25 heavy (non-hydrogen) atoms. The number of β-amino-alcohol motifs (C(OH)–C–C–N with tert-alkyl or cyclic N) is 1. The van der Waals surface area contributed by atoms with Crippen molar-refractivity contribution in [1.29, 1.82) is 0 Å². The second-order valence-corrected chi connectivity index (χ2v) is 7.59. The number of likely N-dealkylation sites (tertiary alicyclic amines) is 1. The third-order valence-electron chi connectivity index (χ3n) is 5.62. The first-order chi connectivity index (χ1) is 11.8. The monoisotopic (exact) mass is 345 g/mol. The van der Waals surface area contributed by atoms with Crippen LogP contribution in [0.3, 0.4) is 0 Å². The summed E-state index contributed by atoms with van der Waals surface area (Å²) >= 11 is 0. The van der Waals surface area contributed by atoms with Gasteiger partial charge >= 0.3 is 6.03 Å². The van der Waals surface area contributed by atoms with Gasteiger partial charge in [-0.05, 0) is 51.3 Å². The highest BCUT2D eigenvalue weighted by atomic mass is 16.3. The molecule has 0 bridgehead atoms. The zero-order valence-corrected chi connectivity index (χ0v) is 15.1. The SMILES string of the molecule is Cc1ccc(C)c([C@H](O)CN2CCC[C@@H]([C@@]3(C)NC(=O)NC3=O)C2)c1. The average molecular weight is 345 g/mol. The highest BCUT2D eigenvalue weighted by molar-refractivity contribution is 6.06. The molecule has 0 aliphatic carbocycles. The smallest absolute Gasteiger partial charge is 0.322 e. The van der Waals surface area contributed by atoms with E-state index in [1.165, 1.54) is 0 Å². The Balaban J connectivity index is 1.68. The van der Waals surface area contributed by atoms with Gasteiger partial charge in [0.2, 0.25) is 0 Å². The molecule has 2 aliphatic rings. The lowest BCUT2D eigenvalue weighted by molar-refractivity contribution is -0.126. The second kappa shape index (κ2) is 6.77. The first-order valence-electron chi connectivity index (χ1n) is 8.91.